The van der Waals surface area contributed by atoms with E-state index in [1.807, 2.05) is 0 Å². The molecular formula is C17H27N. The largest absolute Gasteiger partial charge is 0.307 e. The van der Waals surface area contributed by atoms with Crippen molar-refractivity contribution in [2.45, 2.75) is 70.9 Å². The third kappa shape index (κ3) is 3.84. The van der Waals surface area contributed by atoms with Gasteiger partial charge in [0.05, 0.1) is 0 Å². The smallest absolute Gasteiger partial charge is 0.0296 e. The highest BCUT2D eigenvalue weighted by molar-refractivity contribution is 5.28. The fourth-order valence-electron chi connectivity index (χ4n) is 3.14. The summed E-state index contributed by atoms with van der Waals surface area (Å²) in [6.07, 6.45) is 9.82. The Hall–Kier alpha value is -0.820. The van der Waals surface area contributed by atoms with Crippen LogP contribution < -0.4 is 5.32 Å². The zero-order chi connectivity index (χ0) is 12.8. The van der Waals surface area contributed by atoms with Crippen molar-refractivity contribution in [1.29, 1.82) is 0 Å². The van der Waals surface area contributed by atoms with Crippen LogP contribution in [0, 0.1) is 6.92 Å². The van der Waals surface area contributed by atoms with Crippen molar-refractivity contribution in [2.24, 2.45) is 0 Å². The van der Waals surface area contributed by atoms with Gasteiger partial charge >= 0.3 is 0 Å². The molecule has 0 bridgehead atoms. The van der Waals surface area contributed by atoms with E-state index in [-0.39, 0.29) is 0 Å². The highest BCUT2D eigenvalue weighted by Gasteiger charge is 2.15. The minimum Gasteiger partial charge on any atom is -0.307 e. The van der Waals surface area contributed by atoms with Gasteiger partial charge in [0, 0.05) is 12.1 Å². The first-order chi connectivity index (χ1) is 8.77. The second-order valence-electron chi connectivity index (χ2n) is 5.79. The van der Waals surface area contributed by atoms with Crippen molar-refractivity contribution in [1.82, 2.24) is 5.32 Å². The minimum atomic E-state index is 0.482. The van der Waals surface area contributed by atoms with Crippen molar-refractivity contribution < 1.29 is 0 Å². The van der Waals surface area contributed by atoms with E-state index in [2.05, 4.69) is 43.4 Å². The lowest BCUT2D eigenvalue weighted by molar-refractivity contribution is 0.362. The lowest BCUT2D eigenvalue weighted by atomic mass is 9.95. The van der Waals surface area contributed by atoms with Crippen LogP contribution in [0.15, 0.2) is 24.3 Å². The molecule has 0 radical (unpaired) electrons. The Balaban J connectivity index is 1.93. The van der Waals surface area contributed by atoms with Gasteiger partial charge in [-0.05, 0) is 37.8 Å². The SMILES string of the molecule is Cc1ccccc1C(C)NC1CCCCCCC1. The van der Waals surface area contributed by atoms with Gasteiger partial charge in [-0.3, -0.25) is 0 Å². The van der Waals surface area contributed by atoms with E-state index in [1.165, 1.54) is 56.1 Å². The van der Waals surface area contributed by atoms with Gasteiger partial charge in [-0.1, -0.05) is 56.4 Å². The molecule has 1 heteroatoms. The Morgan fingerprint density at radius 1 is 1.00 bits per heavy atom. The third-order valence-corrected chi connectivity index (χ3v) is 4.25. The molecule has 0 aromatic heterocycles. The highest BCUT2D eigenvalue weighted by atomic mass is 14.9. The van der Waals surface area contributed by atoms with E-state index in [1.54, 1.807) is 0 Å². The zero-order valence-corrected chi connectivity index (χ0v) is 11.9. The fourth-order valence-corrected chi connectivity index (χ4v) is 3.14. The molecule has 1 aliphatic rings. The molecule has 0 amide bonds. The van der Waals surface area contributed by atoms with Crippen LogP contribution in [0.4, 0.5) is 0 Å². The number of rotatable bonds is 3. The topological polar surface area (TPSA) is 12.0 Å². The van der Waals surface area contributed by atoms with Crippen molar-refractivity contribution in [3.63, 3.8) is 0 Å². The van der Waals surface area contributed by atoms with Crippen LogP contribution in [0.3, 0.4) is 0 Å². The molecule has 1 fully saturated rings. The van der Waals surface area contributed by atoms with E-state index in [9.17, 15) is 0 Å². The highest BCUT2D eigenvalue weighted by Crippen LogP contribution is 2.22. The first-order valence-electron chi connectivity index (χ1n) is 7.59. The summed E-state index contributed by atoms with van der Waals surface area (Å²) < 4.78 is 0. The van der Waals surface area contributed by atoms with Gasteiger partial charge in [0.2, 0.25) is 0 Å². The minimum absolute atomic E-state index is 0.482. The Bertz CT molecular complexity index is 350. The first-order valence-corrected chi connectivity index (χ1v) is 7.59. The van der Waals surface area contributed by atoms with E-state index in [0.29, 0.717) is 6.04 Å². The molecule has 1 aromatic carbocycles. The summed E-state index contributed by atoms with van der Waals surface area (Å²) >= 11 is 0. The van der Waals surface area contributed by atoms with Crippen molar-refractivity contribution in [3.8, 4) is 0 Å². The summed E-state index contributed by atoms with van der Waals surface area (Å²) in [6, 6.07) is 9.96. The summed E-state index contributed by atoms with van der Waals surface area (Å²) in [7, 11) is 0. The molecule has 100 valence electrons. The molecular weight excluding hydrogens is 218 g/mol. The van der Waals surface area contributed by atoms with Crippen molar-refractivity contribution in [2.75, 3.05) is 0 Å². The van der Waals surface area contributed by atoms with Crippen LogP contribution in [0.1, 0.15) is 69.0 Å². The molecule has 18 heavy (non-hydrogen) atoms. The zero-order valence-electron chi connectivity index (χ0n) is 11.9. The van der Waals surface area contributed by atoms with Crippen LogP contribution in [0.2, 0.25) is 0 Å². The van der Waals surface area contributed by atoms with Crippen molar-refractivity contribution >= 4 is 0 Å². The lowest BCUT2D eigenvalue weighted by Crippen LogP contribution is -2.32. The molecule has 1 nitrogen and oxygen atoms in total. The molecule has 0 saturated heterocycles. The van der Waals surface area contributed by atoms with Crippen molar-refractivity contribution in [3.05, 3.63) is 35.4 Å². The molecule has 1 atom stereocenters. The van der Waals surface area contributed by atoms with Gasteiger partial charge in [-0.25, -0.2) is 0 Å². The molecule has 1 N–H and O–H groups in total. The van der Waals surface area contributed by atoms with Crippen LogP contribution in [0.5, 0.6) is 0 Å². The summed E-state index contributed by atoms with van der Waals surface area (Å²) in [5.41, 5.74) is 2.86. The molecule has 2 rings (SSSR count). The van der Waals surface area contributed by atoms with Crippen LogP contribution in [-0.2, 0) is 0 Å². The van der Waals surface area contributed by atoms with E-state index in [4.69, 9.17) is 0 Å². The number of hydrogen-bond acceptors (Lipinski definition) is 1. The molecule has 1 saturated carbocycles. The van der Waals surface area contributed by atoms with Gasteiger partial charge in [0.15, 0.2) is 0 Å². The molecule has 1 aromatic rings. The average molecular weight is 245 g/mol. The third-order valence-electron chi connectivity index (χ3n) is 4.25. The quantitative estimate of drug-likeness (QED) is 0.809. The van der Waals surface area contributed by atoms with E-state index < -0.39 is 0 Å². The second kappa shape index (κ2) is 6.94. The molecule has 0 aliphatic heterocycles. The number of hydrogen-bond donors (Lipinski definition) is 1. The number of benzene rings is 1. The maximum Gasteiger partial charge on any atom is 0.0296 e. The summed E-state index contributed by atoms with van der Waals surface area (Å²) in [6.45, 7) is 4.52. The maximum absolute atomic E-state index is 3.84. The van der Waals surface area contributed by atoms with Crippen LogP contribution >= 0.6 is 0 Å². The lowest BCUT2D eigenvalue weighted by Gasteiger charge is -2.26. The second-order valence-corrected chi connectivity index (χ2v) is 5.79. The van der Waals surface area contributed by atoms with Crippen LogP contribution in [-0.4, -0.2) is 6.04 Å². The Morgan fingerprint density at radius 3 is 2.28 bits per heavy atom. The van der Waals surface area contributed by atoms with E-state index >= 15 is 0 Å². The summed E-state index contributed by atoms with van der Waals surface area (Å²) in [5.74, 6) is 0. The van der Waals surface area contributed by atoms with E-state index in [0.717, 1.165) is 6.04 Å². The van der Waals surface area contributed by atoms with Gasteiger partial charge in [-0.15, -0.1) is 0 Å². The van der Waals surface area contributed by atoms with Gasteiger partial charge in [-0.2, -0.15) is 0 Å². The molecule has 1 unspecified atom stereocenters. The Labute approximate surface area is 112 Å². The summed E-state index contributed by atoms with van der Waals surface area (Å²) in [5, 5.41) is 3.84. The number of aryl methyl sites for hydroxylation is 1. The number of nitrogens with one attached hydrogen (secondary N) is 1. The molecule has 0 heterocycles. The fraction of sp³-hybridized carbons (Fsp3) is 0.647. The normalized spacial score (nSPS) is 20.1. The first kappa shape index (κ1) is 13.6. The molecule has 1 aliphatic carbocycles. The Morgan fingerprint density at radius 2 is 1.61 bits per heavy atom. The maximum atomic E-state index is 3.84. The van der Waals surface area contributed by atoms with Gasteiger partial charge in [0.1, 0.15) is 0 Å². The summed E-state index contributed by atoms with van der Waals surface area (Å²) in [4.78, 5) is 0. The predicted molar refractivity (Wildman–Crippen MR) is 78.8 cm³/mol. The predicted octanol–water partition coefficient (Wildman–Crippen LogP) is 4.76. The standard InChI is InChI=1S/C17H27N/c1-14-10-8-9-13-17(14)15(2)18-16-11-6-4-3-5-7-12-16/h8-10,13,15-16,18H,3-7,11-12H2,1-2H3. The molecule has 0 spiro atoms. The average Bonchev–Trinajstić information content (AvgIpc) is 2.33. The van der Waals surface area contributed by atoms with Crippen LogP contribution in [0.25, 0.3) is 0 Å². The van der Waals surface area contributed by atoms with Gasteiger partial charge in [0.25, 0.3) is 0 Å². The monoisotopic (exact) mass is 245 g/mol. The Kier molecular flexibility index (Phi) is 5.25. The van der Waals surface area contributed by atoms with Gasteiger partial charge < -0.3 is 5.32 Å².